The number of carbonyl (C=O) groups excluding carboxylic acids is 2. The molecular formula is C28H28ClN3O4. The van der Waals surface area contributed by atoms with Gasteiger partial charge >= 0.3 is 0 Å². The van der Waals surface area contributed by atoms with E-state index in [1.54, 1.807) is 43.5 Å². The van der Waals surface area contributed by atoms with E-state index in [4.69, 9.17) is 21.1 Å². The van der Waals surface area contributed by atoms with E-state index in [2.05, 4.69) is 10.5 Å². The summed E-state index contributed by atoms with van der Waals surface area (Å²) in [6, 6.07) is 19.5. The molecule has 0 unspecified atom stereocenters. The second-order valence-electron chi connectivity index (χ2n) is 8.46. The Labute approximate surface area is 215 Å². The number of piperidine rings is 1. The van der Waals surface area contributed by atoms with Gasteiger partial charge in [-0.3, -0.25) is 9.59 Å². The molecule has 8 heteroatoms. The smallest absolute Gasteiger partial charge is 0.271 e. The lowest BCUT2D eigenvalue weighted by Crippen LogP contribution is -2.35. The third-order valence-electron chi connectivity index (χ3n) is 5.89. The molecule has 0 aliphatic carbocycles. The quantitative estimate of drug-likeness (QED) is 0.332. The van der Waals surface area contributed by atoms with Crippen molar-refractivity contribution in [2.45, 2.75) is 25.9 Å². The summed E-state index contributed by atoms with van der Waals surface area (Å²) in [6.45, 7) is 1.99. The predicted octanol–water partition coefficient (Wildman–Crippen LogP) is 5.32. The maximum absolute atomic E-state index is 12.6. The van der Waals surface area contributed by atoms with Gasteiger partial charge in [-0.25, -0.2) is 5.43 Å². The SMILES string of the molecule is COc1cc(/C=N\NC(=O)c2cccc(Cl)c2)ccc1OCc1ccc(C(=O)N2CCCCC2)cc1. The summed E-state index contributed by atoms with van der Waals surface area (Å²) in [6.07, 6.45) is 4.86. The largest absolute Gasteiger partial charge is 0.493 e. The average Bonchev–Trinajstić information content (AvgIpc) is 2.92. The van der Waals surface area contributed by atoms with Crippen LogP contribution in [-0.2, 0) is 6.61 Å². The lowest BCUT2D eigenvalue weighted by molar-refractivity contribution is 0.0724. The Balaban J connectivity index is 1.33. The Morgan fingerprint density at radius 3 is 2.47 bits per heavy atom. The summed E-state index contributed by atoms with van der Waals surface area (Å²) in [5.41, 5.74) is 5.27. The fourth-order valence-corrected chi connectivity index (χ4v) is 4.12. The first kappa shape index (κ1) is 25.3. The number of hydrogen-bond donors (Lipinski definition) is 1. The van der Waals surface area contributed by atoms with Gasteiger partial charge < -0.3 is 14.4 Å². The van der Waals surface area contributed by atoms with Crippen LogP contribution in [0.2, 0.25) is 5.02 Å². The van der Waals surface area contributed by atoms with Gasteiger partial charge in [-0.2, -0.15) is 5.10 Å². The van der Waals surface area contributed by atoms with Crippen LogP contribution in [-0.4, -0.2) is 43.1 Å². The summed E-state index contributed by atoms with van der Waals surface area (Å²) in [5.74, 6) is 0.845. The molecule has 1 N–H and O–H groups in total. The molecule has 0 radical (unpaired) electrons. The van der Waals surface area contributed by atoms with E-state index < -0.39 is 0 Å². The second kappa shape index (κ2) is 12.2. The maximum atomic E-state index is 12.6. The zero-order valence-electron chi connectivity index (χ0n) is 20.1. The normalized spacial score (nSPS) is 13.4. The van der Waals surface area contributed by atoms with Crippen molar-refractivity contribution in [3.8, 4) is 11.5 Å². The Hall–Kier alpha value is -3.84. The highest BCUT2D eigenvalue weighted by molar-refractivity contribution is 6.30. The third kappa shape index (κ3) is 6.64. The summed E-state index contributed by atoms with van der Waals surface area (Å²) < 4.78 is 11.4. The molecule has 36 heavy (non-hydrogen) atoms. The van der Waals surface area contributed by atoms with Crippen molar-refractivity contribution in [1.29, 1.82) is 0 Å². The molecule has 0 spiro atoms. The number of halogens is 1. The highest BCUT2D eigenvalue weighted by Crippen LogP contribution is 2.28. The van der Waals surface area contributed by atoms with Crippen LogP contribution in [0.15, 0.2) is 71.8 Å². The number of hydrogen-bond acceptors (Lipinski definition) is 5. The van der Waals surface area contributed by atoms with Gasteiger partial charge in [0, 0.05) is 29.2 Å². The number of nitrogens with one attached hydrogen (secondary N) is 1. The predicted molar refractivity (Wildman–Crippen MR) is 140 cm³/mol. The Bertz CT molecular complexity index is 1240. The van der Waals surface area contributed by atoms with Crippen LogP contribution in [0.25, 0.3) is 0 Å². The third-order valence-corrected chi connectivity index (χ3v) is 6.13. The van der Waals surface area contributed by atoms with Gasteiger partial charge in [0.05, 0.1) is 13.3 Å². The van der Waals surface area contributed by atoms with Gasteiger partial charge in [0.15, 0.2) is 11.5 Å². The summed E-state index contributed by atoms with van der Waals surface area (Å²) in [5, 5.41) is 4.49. The van der Waals surface area contributed by atoms with Crippen LogP contribution in [0, 0.1) is 0 Å². The first-order valence-electron chi connectivity index (χ1n) is 11.8. The minimum atomic E-state index is -0.357. The van der Waals surface area contributed by atoms with E-state index in [-0.39, 0.29) is 11.8 Å². The lowest BCUT2D eigenvalue weighted by Gasteiger charge is -2.26. The number of methoxy groups -OCH3 is 1. The van der Waals surface area contributed by atoms with Crippen LogP contribution >= 0.6 is 11.6 Å². The Kier molecular flexibility index (Phi) is 8.57. The minimum Gasteiger partial charge on any atom is -0.493 e. The van der Waals surface area contributed by atoms with E-state index in [9.17, 15) is 9.59 Å². The first-order chi connectivity index (χ1) is 17.5. The van der Waals surface area contributed by atoms with Gasteiger partial charge in [-0.15, -0.1) is 0 Å². The molecule has 1 fully saturated rings. The van der Waals surface area contributed by atoms with E-state index in [0.29, 0.717) is 34.3 Å². The molecule has 3 aromatic carbocycles. The van der Waals surface area contributed by atoms with E-state index >= 15 is 0 Å². The topological polar surface area (TPSA) is 80.2 Å². The molecule has 4 rings (SSSR count). The summed E-state index contributed by atoms with van der Waals surface area (Å²) in [7, 11) is 1.56. The van der Waals surface area contributed by atoms with Gasteiger partial charge in [0.1, 0.15) is 6.61 Å². The number of carbonyl (C=O) groups is 2. The molecular weight excluding hydrogens is 478 g/mol. The molecule has 1 saturated heterocycles. The number of likely N-dealkylation sites (tertiary alicyclic amines) is 1. The highest BCUT2D eigenvalue weighted by Gasteiger charge is 2.18. The van der Waals surface area contributed by atoms with Crippen molar-refractivity contribution in [2.24, 2.45) is 5.10 Å². The lowest BCUT2D eigenvalue weighted by atomic mass is 10.1. The van der Waals surface area contributed by atoms with E-state index in [1.165, 1.54) is 12.6 Å². The molecule has 0 atom stereocenters. The molecule has 0 saturated carbocycles. The zero-order chi connectivity index (χ0) is 25.3. The van der Waals surface area contributed by atoms with Crippen LogP contribution in [0.4, 0.5) is 0 Å². The van der Waals surface area contributed by atoms with E-state index in [0.717, 1.165) is 37.1 Å². The van der Waals surface area contributed by atoms with Crippen molar-refractivity contribution in [3.63, 3.8) is 0 Å². The monoisotopic (exact) mass is 505 g/mol. The Morgan fingerprint density at radius 2 is 1.75 bits per heavy atom. The van der Waals surface area contributed by atoms with Crippen LogP contribution in [0.1, 0.15) is 51.1 Å². The number of hydrazone groups is 1. The van der Waals surface area contributed by atoms with Crippen LogP contribution in [0.3, 0.4) is 0 Å². The molecule has 7 nitrogen and oxygen atoms in total. The van der Waals surface area contributed by atoms with Crippen molar-refractivity contribution < 1.29 is 19.1 Å². The molecule has 186 valence electrons. The van der Waals surface area contributed by atoms with Gasteiger partial charge in [-0.05, 0) is 78.9 Å². The average molecular weight is 506 g/mol. The minimum absolute atomic E-state index is 0.0878. The fraction of sp³-hybridized carbons (Fsp3) is 0.250. The van der Waals surface area contributed by atoms with E-state index in [1.807, 2.05) is 35.2 Å². The first-order valence-corrected chi connectivity index (χ1v) is 12.2. The number of ether oxygens (including phenoxy) is 2. The van der Waals surface area contributed by atoms with Crippen molar-refractivity contribution in [3.05, 3.63) is 94.0 Å². The second-order valence-corrected chi connectivity index (χ2v) is 8.89. The molecule has 3 aromatic rings. The van der Waals surface area contributed by atoms with Crippen LogP contribution < -0.4 is 14.9 Å². The van der Waals surface area contributed by atoms with Crippen LogP contribution in [0.5, 0.6) is 11.5 Å². The van der Waals surface area contributed by atoms with Crippen molar-refractivity contribution in [1.82, 2.24) is 10.3 Å². The standard InChI is InChI=1S/C28H28ClN3O4/c1-35-26-16-21(18-30-31-27(33)23-6-5-7-24(29)17-23)10-13-25(26)36-19-20-8-11-22(12-9-20)28(34)32-14-3-2-4-15-32/h5-13,16-18H,2-4,14-15,19H2,1H3,(H,31,33)/b30-18-. The molecule has 1 aliphatic rings. The molecule has 0 aromatic heterocycles. The van der Waals surface area contributed by atoms with Gasteiger partial charge in [-0.1, -0.05) is 29.8 Å². The van der Waals surface area contributed by atoms with Gasteiger partial charge in [0.2, 0.25) is 0 Å². The van der Waals surface area contributed by atoms with Crippen molar-refractivity contribution >= 4 is 29.6 Å². The number of benzene rings is 3. The summed E-state index contributed by atoms with van der Waals surface area (Å²) in [4.78, 5) is 26.7. The number of rotatable bonds is 8. The van der Waals surface area contributed by atoms with Gasteiger partial charge in [0.25, 0.3) is 11.8 Å². The number of amides is 2. The zero-order valence-corrected chi connectivity index (χ0v) is 20.8. The molecule has 2 amide bonds. The highest BCUT2D eigenvalue weighted by atomic mass is 35.5. The molecule has 1 aliphatic heterocycles. The fourth-order valence-electron chi connectivity index (χ4n) is 3.93. The molecule has 1 heterocycles. The number of nitrogens with zero attached hydrogens (tertiary/aromatic N) is 2. The molecule has 0 bridgehead atoms. The Morgan fingerprint density at radius 1 is 0.972 bits per heavy atom. The maximum Gasteiger partial charge on any atom is 0.271 e. The van der Waals surface area contributed by atoms with Crippen molar-refractivity contribution in [2.75, 3.05) is 20.2 Å². The summed E-state index contributed by atoms with van der Waals surface area (Å²) >= 11 is 5.92.